The highest BCUT2D eigenvalue weighted by atomic mass is 32.2. The number of hydrogen-bond donors (Lipinski definition) is 0. The van der Waals surface area contributed by atoms with Gasteiger partial charge in [0.2, 0.25) is 0 Å². The number of carbonyl (C=O) groups excluding carboxylic acids is 1. The molecule has 160 valence electrons. The highest BCUT2D eigenvalue weighted by molar-refractivity contribution is 7.89. The summed E-state index contributed by atoms with van der Waals surface area (Å²) < 4.78 is 37.1. The van der Waals surface area contributed by atoms with Gasteiger partial charge in [-0.15, -0.1) is 0 Å². The summed E-state index contributed by atoms with van der Waals surface area (Å²) in [7, 11) is -2.41. The Bertz CT molecular complexity index is 1000. The highest BCUT2D eigenvalue weighted by Crippen LogP contribution is 2.21. The fourth-order valence-corrected chi connectivity index (χ4v) is 3.84. The van der Waals surface area contributed by atoms with E-state index in [-0.39, 0.29) is 23.7 Å². The summed E-state index contributed by atoms with van der Waals surface area (Å²) in [4.78, 5) is 21.0. The molecule has 0 spiro atoms. The quantitative estimate of drug-likeness (QED) is 0.321. The number of nitro benzene ring substituents is 1. The largest absolute Gasteiger partial charge is 0.497 e. The molecule has 2 aromatic carbocycles. The van der Waals surface area contributed by atoms with Crippen LogP contribution in [-0.4, -0.2) is 43.9 Å². The van der Waals surface area contributed by atoms with Crippen LogP contribution in [0, 0.1) is 10.1 Å². The van der Waals surface area contributed by atoms with Gasteiger partial charge in [0.05, 0.1) is 16.9 Å². The summed E-state index contributed by atoms with van der Waals surface area (Å²) in [6, 6.07) is 11.9. The molecule has 0 N–H and O–H groups in total. The van der Waals surface area contributed by atoms with Gasteiger partial charge in [-0.3, -0.25) is 19.2 Å². The Morgan fingerprint density at radius 1 is 1.13 bits per heavy atom. The Morgan fingerprint density at radius 3 is 2.30 bits per heavy atom. The maximum absolute atomic E-state index is 13.0. The summed E-state index contributed by atoms with van der Waals surface area (Å²) in [6.07, 6.45) is 3.15. The molecule has 0 bridgehead atoms. The van der Waals surface area contributed by atoms with E-state index >= 15 is 0 Å². The van der Waals surface area contributed by atoms with Gasteiger partial charge in [-0.1, -0.05) is 12.1 Å². The lowest BCUT2D eigenvalue weighted by atomic mass is 10.1. The zero-order chi connectivity index (χ0) is 22.1. The molecule has 0 aliphatic rings. The van der Waals surface area contributed by atoms with Crippen LogP contribution >= 0.6 is 0 Å². The number of nitro groups is 1. The van der Waals surface area contributed by atoms with Gasteiger partial charge >= 0.3 is 5.97 Å². The topological polar surface area (TPSA) is 116 Å². The number of ether oxygens (including phenoxy) is 2. The summed E-state index contributed by atoms with van der Waals surface area (Å²) in [5, 5.41) is 10.8. The van der Waals surface area contributed by atoms with E-state index in [2.05, 4.69) is 0 Å². The van der Waals surface area contributed by atoms with Gasteiger partial charge in [0, 0.05) is 31.8 Å². The molecule has 0 saturated carbocycles. The van der Waals surface area contributed by atoms with E-state index in [1.54, 1.807) is 19.2 Å². The second kappa shape index (κ2) is 10.4. The van der Waals surface area contributed by atoms with Crippen LogP contribution in [0.2, 0.25) is 0 Å². The normalized spacial score (nSPS) is 11.3. The van der Waals surface area contributed by atoms with Crippen LogP contribution in [0.3, 0.4) is 0 Å². The van der Waals surface area contributed by atoms with Crippen molar-refractivity contribution in [1.82, 2.24) is 4.31 Å². The molecule has 0 aliphatic carbocycles. The highest BCUT2D eigenvalue weighted by Gasteiger charge is 2.22. The molecule has 0 fully saturated rings. The molecule has 0 atom stereocenters. The molecule has 0 aromatic heterocycles. The van der Waals surface area contributed by atoms with Crippen molar-refractivity contribution >= 4 is 21.7 Å². The molecule has 10 heteroatoms. The summed E-state index contributed by atoms with van der Waals surface area (Å²) >= 11 is 0. The fourth-order valence-electron chi connectivity index (χ4n) is 2.51. The zero-order valence-corrected chi connectivity index (χ0v) is 17.4. The summed E-state index contributed by atoms with van der Waals surface area (Å²) in [5.41, 5.74) is 0.692. The van der Waals surface area contributed by atoms with Gasteiger partial charge in [0.15, 0.2) is 0 Å². The second-order valence-corrected chi connectivity index (χ2v) is 8.04. The molecule has 30 heavy (non-hydrogen) atoms. The fraction of sp³-hybridized carbons (Fsp3) is 0.250. The number of hydrogen-bond acceptors (Lipinski definition) is 7. The minimum atomic E-state index is -3.97. The van der Waals surface area contributed by atoms with Crippen LogP contribution < -0.4 is 4.74 Å². The molecule has 2 aromatic rings. The third kappa shape index (κ3) is 6.31. The average Bonchev–Trinajstić information content (AvgIpc) is 2.73. The second-order valence-electron chi connectivity index (χ2n) is 6.15. The Balaban J connectivity index is 2.23. The van der Waals surface area contributed by atoms with Crippen LogP contribution in [0.25, 0.3) is 0 Å². The molecular formula is C20H22N2O7S. The van der Waals surface area contributed by atoms with Gasteiger partial charge in [0.25, 0.3) is 15.7 Å². The number of methoxy groups -OCH3 is 1. The van der Waals surface area contributed by atoms with E-state index in [0.717, 1.165) is 22.0 Å². The van der Waals surface area contributed by atoms with Crippen molar-refractivity contribution in [2.75, 3.05) is 20.3 Å². The maximum Gasteiger partial charge on any atom is 0.302 e. The van der Waals surface area contributed by atoms with Crippen molar-refractivity contribution in [3.05, 3.63) is 76.5 Å². The van der Waals surface area contributed by atoms with Crippen LogP contribution in [0.15, 0.2) is 65.7 Å². The molecule has 2 rings (SSSR count). The lowest BCUT2D eigenvalue weighted by molar-refractivity contribution is -0.384. The first-order valence-electron chi connectivity index (χ1n) is 8.93. The molecule has 9 nitrogen and oxygen atoms in total. The maximum atomic E-state index is 13.0. The van der Waals surface area contributed by atoms with Gasteiger partial charge in [-0.25, -0.2) is 8.42 Å². The standard InChI is InChI=1S/C20H22N2O7S/c1-16(23)29-15-3-13-21(14-12-17-4-8-19(28-2)9-5-17)30(26,27)20-10-6-18(7-11-20)22(24)25/h3-11,13H,12,14-15H2,1-2H3/b13-3+. The van der Waals surface area contributed by atoms with E-state index in [1.807, 2.05) is 12.1 Å². The van der Waals surface area contributed by atoms with Crippen LogP contribution in [0.4, 0.5) is 5.69 Å². The first-order valence-corrected chi connectivity index (χ1v) is 10.4. The third-order valence-electron chi connectivity index (χ3n) is 4.09. The SMILES string of the molecule is COc1ccc(CCN(/C=C/COC(C)=O)S(=O)(=O)c2ccc([N+](=O)[O-])cc2)cc1. The van der Waals surface area contributed by atoms with Crippen LogP contribution in [0.1, 0.15) is 12.5 Å². The Morgan fingerprint density at radius 2 is 1.77 bits per heavy atom. The number of sulfonamides is 1. The van der Waals surface area contributed by atoms with Crippen LogP contribution in [0.5, 0.6) is 5.75 Å². The average molecular weight is 434 g/mol. The third-order valence-corrected chi connectivity index (χ3v) is 5.88. The first-order chi connectivity index (χ1) is 14.2. The number of esters is 1. The molecule has 0 heterocycles. The van der Waals surface area contributed by atoms with Crippen LogP contribution in [-0.2, 0) is 26.0 Å². The molecule has 0 radical (unpaired) electrons. The number of nitrogens with zero attached hydrogens (tertiary/aromatic N) is 2. The Kier molecular flexibility index (Phi) is 7.93. The predicted octanol–water partition coefficient (Wildman–Crippen LogP) is 2.91. The van der Waals surface area contributed by atoms with E-state index in [0.29, 0.717) is 12.2 Å². The molecule has 0 amide bonds. The summed E-state index contributed by atoms with van der Waals surface area (Å²) in [6.45, 7) is 1.29. The Labute approximate surface area is 174 Å². The Hall–Kier alpha value is -3.40. The van der Waals surface area contributed by atoms with Crippen molar-refractivity contribution in [3.8, 4) is 5.75 Å². The lowest BCUT2D eigenvalue weighted by Gasteiger charge is -2.21. The van der Waals surface area contributed by atoms with E-state index < -0.39 is 20.9 Å². The van der Waals surface area contributed by atoms with Crippen molar-refractivity contribution in [2.45, 2.75) is 18.2 Å². The number of benzene rings is 2. The van der Waals surface area contributed by atoms with E-state index in [1.165, 1.54) is 31.3 Å². The van der Waals surface area contributed by atoms with E-state index in [4.69, 9.17) is 9.47 Å². The lowest BCUT2D eigenvalue weighted by Crippen LogP contribution is -2.28. The zero-order valence-electron chi connectivity index (χ0n) is 16.6. The predicted molar refractivity (Wildman–Crippen MR) is 109 cm³/mol. The van der Waals surface area contributed by atoms with E-state index in [9.17, 15) is 23.3 Å². The summed E-state index contributed by atoms with van der Waals surface area (Å²) in [5.74, 6) is 0.207. The van der Waals surface area contributed by atoms with Gasteiger partial charge in [-0.2, -0.15) is 0 Å². The molecule has 0 saturated heterocycles. The molecule has 0 aliphatic heterocycles. The monoisotopic (exact) mass is 434 g/mol. The molecule has 0 unspecified atom stereocenters. The first kappa shape index (κ1) is 22.9. The number of rotatable bonds is 10. The van der Waals surface area contributed by atoms with Gasteiger partial charge in [-0.05, 0) is 42.3 Å². The minimum absolute atomic E-state index is 0.0792. The van der Waals surface area contributed by atoms with Crippen molar-refractivity contribution in [2.24, 2.45) is 0 Å². The van der Waals surface area contributed by atoms with Crippen molar-refractivity contribution in [1.29, 1.82) is 0 Å². The molecular weight excluding hydrogens is 412 g/mol. The van der Waals surface area contributed by atoms with Gasteiger partial charge < -0.3 is 9.47 Å². The smallest absolute Gasteiger partial charge is 0.302 e. The number of carbonyl (C=O) groups is 1. The van der Waals surface area contributed by atoms with Gasteiger partial charge in [0.1, 0.15) is 12.4 Å². The minimum Gasteiger partial charge on any atom is -0.497 e. The van der Waals surface area contributed by atoms with Crippen molar-refractivity contribution < 1.29 is 27.6 Å². The number of non-ortho nitro benzene ring substituents is 1. The van der Waals surface area contributed by atoms with Crippen molar-refractivity contribution in [3.63, 3.8) is 0 Å².